The zero-order chi connectivity index (χ0) is 15.7. The third-order valence-corrected chi connectivity index (χ3v) is 3.43. The summed E-state index contributed by atoms with van der Waals surface area (Å²) in [6.07, 6.45) is 0.821. The number of carbonyl (C=O) groups is 1. The minimum Gasteiger partial charge on any atom is -0.480 e. The lowest BCUT2D eigenvalue weighted by Crippen LogP contribution is -2.31. The quantitative estimate of drug-likeness (QED) is 0.781. The molecule has 22 heavy (non-hydrogen) atoms. The molecule has 0 fully saturated rings. The van der Waals surface area contributed by atoms with Crippen LogP contribution in [-0.2, 0) is 4.79 Å². The van der Waals surface area contributed by atoms with Crippen molar-refractivity contribution in [2.75, 3.05) is 6.54 Å². The van der Waals surface area contributed by atoms with E-state index in [4.69, 9.17) is 9.84 Å². The number of nitrogens with zero attached hydrogens (tertiary/aromatic N) is 2. The van der Waals surface area contributed by atoms with Crippen molar-refractivity contribution in [3.05, 3.63) is 53.9 Å². The fourth-order valence-corrected chi connectivity index (χ4v) is 2.44. The monoisotopic (exact) mass is 302 g/mol. The lowest BCUT2D eigenvalue weighted by Gasteiger charge is -2.21. The van der Waals surface area contributed by atoms with E-state index >= 15 is 0 Å². The van der Waals surface area contributed by atoms with E-state index in [1.807, 2.05) is 0 Å². The van der Waals surface area contributed by atoms with Crippen LogP contribution >= 0.6 is 0 Å². The van der Waals surface area contributed by atoms with Crippen LogP contribution in [0.15, 0.2) is 42.7 Å². The van der Waals surface area contributed by atoms with Gasteiger partial charge < -0.3 is 20.1 Å². The number of hydrogen-bond donors (Lipinski definition) is 3. The second kappa shape index (κ2) is 5.72. The van der Waals surface area contributed by atoms with Crippen LogP contribution in [0.4, 0.5) is 0 Å². The average molecular weight is 302 g/mol. The van der Waals surface area contributed by atoms with Crippen LogP contribution in [0, 0.1) is 0 Å². The van der Waals surface area contributed by atoms with Crippen molar-refractivity contribution in [3.63, 3.8) is 0 Å². The van der Waals surface area contributed by atoms with Crippen molar-refractivity contribution in [2.24, 2.45) is 0 Å². The van der Waals surface area contributed by atoms with Gasteiger partial charge in [0.05, 0.1) is 6.20 Å². The lowest BCUT2D eigenvalue weighted by molar-refractivity contribution is -0.148. The summed E-state index contributed by atoms with van der Waals surface area (Å²) in [5.41, 5.74) is 0.891. The first-order valence-corrected chi connectivity index (χ1v) is 6.61. The van der Waals surface area contributed by atoms with Crippen molar-refractivity contribution < 1.29 is 24.9 Å². The van der Waals surface area contributed by atoms with Crippen molar-refractivity contribution >= 4 is 5.97 Å². The summed E-state index contributed by atoms with van der Waals surface area (Å²) in [5, 5.41) is 29.1. The van der Waals surface area contributed by atoms with Gasteiger partial charge in [-0.25, -0.2) is 4.90 Å². The average Bonchev–Trinajstić information content (AvgIpc) is 2.73. The van der Waals surface area contributed by atoms with Gasteiger partial charge in [-0.1, -0.05) is 6.07 Å². The van der Waals surface area contributed by atoms with Gasteiger partial charge in [-0.15, -0.1) is 0 Å². The van der Waals surface area contributed by atoms with Crippen LogP contribution in [0.3, 0.4) is 0 Å². The number of carboxylic acid groups (broad SMARTS) is 1. The minimum atomic E-state index is -1.20. The van der Waals surface area contributed by atoms with Crippen molar-refractivity contribution in [1.82, 2.24) is 9.88 Å². The van der Waals surface area contributed by atoms with Crippen LogP contribution in [0.1, 0.15) is 23.6 Å². The molecule has 3 rings (SSSR count). The molecule has 0 aliphatic carbocycles. The smallest absolute Gasteiger partial charge is 0.317 e. The molecule has 2 heterocycles. The molecular formula is C15H14N2O5. The van der Waals surface area contributed by atoms with Gasteiger partial charge in [0.1, 0.15) is 30.5 Å². The highest BCUT2D eigenvalue weighted by Gasteiger charge is 2.37. The number of aliphatic carboxylic acids is 1. The number of fused-ring (bicyclic) bond motifs is 1. The number of hydrogen-bond acceptors (Lipinski definition) is 6. The summed E-state index contributed by atoms with van der Waals surface area (Å²) >= 11 is 0. The van der Waals surface area contributed by atoms with Gasteiger partial charge in [0.15, 0.2) is 0 Å². The Morgan fingerprint density at radius 1 is 1.18 bits per heavy atom. The van der Waals surface area contributed by atoms with Crippen molar-refractivity contribution in [2.45, 2.75) is 12.5 Å². The van der Waals surface area contributed by atoms with Gasteiger partial charge in [-0.05, 0) is 24.3 Å². The topological polar surface area (TPSA) is 103 Å². The van der Waals surface area contributed by atoms with Gasteiger partial charge in [0.25, 0.3) is 0 Å². The molecule has 7 nitrogen and oxygen atoms in total. The van der Waals surface area contributed by atoms with E-state index in [2.05, 4.69) is 4.98 Å². The van der Waals surface area contributed by atoms with Gasteiger partial charge in [0.2, 0.25) is 0 Å². The molecule has 1 aromatic heterocycles. The van der Waals surface area contributed by atoms with E-state index in [1.54, 1.807) is 42.7 Å². The molecule has 1 aliphatic heterocycles. The summed E-state index contributed by atoms with van der Waals surface area (Å²) < 4.78 is 5.61. The highest BCUT2D eigenvalue weighted by Crippen LogP contribution is 2.40. The fraction of sp³-hybridized carbons (Fsp3) is 0.200. The highest BCUT2D eigenvalue weighted by molar-refractivity contribution is 5.69. The Kier molecular flexibility index (Phi) is 3.76. The maximum atomic E-state index is 10.8. The molecule has 7 heteroatoms. The normalized spacial score (nSPS) is 20.6. The van der Waals surface area contributed by atoms with Gasteiger partial charge in [-0.3, -0.25) is 9.78 Å². The molecule has 1 aromatic carbocycles. The predicted molar refractivity (Wildman–Crippen MR) is 75.0 cm³/mol. The molecule has 0 radical (unpaired) electrons. The second-order valence-corrected chi connectivity index (χ2v) is 4.89. The van der Waals surface area contributed by atoms with Crippen LogP contribution in [0.25, 0.3) is 0 Å². The lowest BCUT2D eigenvalue weighted by atomic mass is 10.1. The molecule has 2 unspecified atom stereocenters. The van der Waals surface area contributed by atoms with E-state index in [0.717, 1.165) is 4.90 Å². The first-order valence-electron chi connectivity index (χ1n) is 6.61. The summed E-state index contributed by atoms with van der Waals surface area (Å²) in [4.78, 5) is 15.8. The summed E-state index contributed by atoms with van der Waals surface area (Å²) in [6.45, 7) is -0.462. The van der Waals surface area contributed by atoms with Gasteiger partial charge in [-0.2, -0.15) is 0 Å². The number of carboxylic acids is 1. The van der Waals surface area contributed by atoms with Crippen LogP contribution < -0.4 is 4.74 Å². The Bertz CT molecular complexity index is 692. The number of rotatable bonds is 4. The van der Waals surface area contributed by atoms with E-state index in [1.165, 1.54) is 0 Å². The summed E-state index contributed by atoms with van der Waals surface area (Å²) in [6, 6.07) is 8.30. The SMILES string of the molecule is O=C(O)CN1C(O)c2ccc(Oc3cccnc3)cc2C1O. The Hall–Kier alpha value is -2.48. The van der Waals surface area contributed by atoms with Crippen LogP contribution in [0.5, 0.6) is 11.5 Å². The first-order chi connectivity index (χ1) is 10.6. The number of aliphatic hydroxyl groups is 2. The fourth-order valence-electron chi connectivity index (χ4n) is 2.44. The molecule has 114 valence electrons. The van der Waals surface area contributed by atoms with Crippen LogP contribution in [-0.4, -0.2) is 37.7 Å². The molecule has 0 saturated heterocycles. The number of aliphatic hydroxyl groups excluding tert-OH is 2. The van der Waals surface area contributed by atoms with Crippen molar-refractivity contribution in [3.8, 4) is 11.5 Å². The zero-order valence-electron chi connectivity index (χ0n) is 11.5. The number of aromatic nitrogens is 1. The predicted octanol–water partition coefficient (Wildman–Crippen LogP) is 1.26. The van der Waals surface area contributed by atoms with E-state index < -0.39 is 25.0 Å². The standard InChI is InChI=1S/C15H14N2O5/c18-13(19)8-17-14(20)11-4-3-9(6-12(11)15(17)21)22-10-2-1-5-16-7-10/h1-7,14-15,20-21H,8H2,(H,18,19). The van der Waals surface area contributed by atoms with Crippen molar-refractivity contribution in [1.29, 1.82) is 0 Å². The number of pyridine rings is 1. The molecule has 2 aromatic rings. The number of benzene rings is 1. The Balaban J connectivity index is 1.86. The van der Waals surface area contributed by atoms with E-state index in [-0.39, 0.29) is 0 Å². The largest absolute Gasteiger partial charge is 0.480 e. The second-order valence-electron chi connectivity index (χ2n) is 4.89. The molecule has 1 aliphatic rings. The summed E-state index contributed by atoms with van der Waals surface area (Å²) in [5.74, 6) is -0.120. The molecule has 0 bridgehead atoms. The molecule has 0 spiro atoms. The molecular weight excluding hydrogens is 288 g/mol. The van der Waals surface area contributed by atoms with Crippen LogP contribution in [0.2, 0.25) is 0 Å². The van der Waals surface area contributed by atoms with Gasteiger partial charge in [0, 0.05) is 17.3 Å². The molecule has 3 N–H and O–H groups in total. The highest BCUT2D eigenvalue weighted by atomic mass is 16.5. The summed E-state index contributed by atoms with van der Waals surface area (Å²) in [7, 11) is 0. The molecule has 0 saturated carbocycles. The zero-order valence-corrected chi connectivity index (χ0v) is 11.5. The Morgan fingerprint density at radius 3 is 2.64 bits per heavy atom. The Labute approximate surface area is 126 Å². The maximum Gasteiger partial charge on any atom is 0.317 e. The number of ether oxygens (including phenoxy) is 1. The third kappa shape index (κ3) is 2.64. The van der Waals surface area contributed by atoms with Gasteiger partial charge >= 0.3 is 5.97 Å². The van der Waals surface area contributed by atoms with E-state index in [0.29, 0.717) is 22.6 Å². The minimum absolute atomic E-state index is 0.426. The maximum absolute atomic E-state index is 10.8. The van der Waals surface area contributed by atoms with E-state index in [9.17, 15) is 15.0 Å². The molecule has 2 atom stereocenters. The molecule has 0 amide bonds. The third-order valence-electron chi connectivity index (χ3n) is 3.43. The Morgan fingerprint density at radius 2 is 1.95 bits per heavy atom. The first kappa shape index (κ1) is 14.5.